The second kappa shape index (κ2) is 11.0. The topological polar surface area (TPSA) is 84.1 Å². The quantitative estimate of drug-likeness (QED) is 0.362. The highest BCUT2D eigenvalue weighted by atomic mass is 35.5. The molecule has 0 radical (unpaired) electrons. The van der Waals surface area contributed by atoms with Gasteiger partial charge in [0.25, 0.3) is 5.91 Å². The Bertz CT molecular complexity index is 1540. The first-order chi connectivity index (χ1) is 19.0. The summed E-state index contributed by atoms with van der Waals surface area (Å²) in [6, 6.07) is 8.23. The van der Waals surface area contributed by atoms with Gasteiger partial charge in [-0.05, 0) is 55.9 Å². The van der Waals surface area contributed by atoms with Crippen molar-refractivity contribution in [1.82, 2.24) is 34.6 Å². The van der Waals surface area contributed by atoms with Gasteiger partial charge in [0.05, 0.1) is 28.7 Å². The van der Waals surface area contributed by atoms with Crippen molar-refractivity contribution in [3.8, 4) is 16.9 Å². The predicted octanol–water partition coefficient (Wildman–Crippen LogP) is 4.65. The Morgan fingerprint density at radius 2 is 1.82 bits per heavy atom. The van der Waals surface area contributed by atoms with E-state index < -0.39 is 17.6 Å². The number of amides is 1. The van der Waals surface area contributed by atoms with Crippen molar-refractivity contribution >= 4 is 23.2 Å². The van der Waals surface area contributed by atoms with Crippen LogP contribution < -0.4 is 5.32 Å². The number of nitrogens with one attached hydrogen (secondary N) is 1. The molecule has 1 fully saturated rings. The molecule has 1 N–H and O–H groups in total. The molecule has 5 rings (SSSR count). The van der Waals surface area contributed by atoms with Crippen LogP contribution in [-0.4, -0.2) is 73.7 Å². The van der Waals surface area contributed by atoms with Gasteiger partial charge < -0.3 is 10.2 Å². The summed E-state index contributed by atoms with van der Waals surface area (Å²) in [4.78, 5) is 17.5. The first-order valence-electron chi connectivity index (χ1n) is 12.6. The predicted molar refractivity (Wildman–Crippen MR) is 145 cm³/mol. The van der Waals surface area contributed by atoms with Crippen molar-refractivity contribution in [1.29, 1.82) is 0 Å². The number of aromatic nitrogens is 5. The number of halogens is 4. The molecule has 0 atom stereocenters. The van der Waals surface area contributed by atoms with Crippen molar-refractivity contribution < 1.29 is 18.0 Å². The third kappa shape index (κ3) is 6.03. The Kier molecular flexibility index (Phi) is 7.67. The first-order valence-corrected chi connectivity index (χ1v) is 13.0. The fourth-order valence-corrected chi connectivity index (χ4v) is 4.78. The van der Waals surface area contributed by atoms with E-state index in [0.717, 1.165) is 49.6 Å². The molecule has 9 nitrogen and oxygen atoms in total. The zero-order valence-electron chi connectivity index (χ0n) is 22.2. The van der Waals surface area contributed by atoms with Gasteiger partial charge >= 0.3 is 6.18 Å². The van der Waals surface area contributed by atoms with E-state index in [1.54, 1.807) is 23.1 Å². The van der Waals surface area contributed by atoms with Gasteiger partial charge in [0.2, 0.25) is 0 Å². The number of benzene rings is 2. The molecule has 0 saturated carbocycles. The van der Waals surface area contributed by atoms with Gasteiger partial charge in [-0.15, -0.1) is 5.10 Å². The fraction of sp³-hybridized carbons (Fsp3) is 0.333. The Morgan fingerprint density at radius 1 is 1.07 bits per heavy atom. The number of alkyl halides is 3. The molecule has 1 aliphatic rings. The molecule has 0 spiro atoms. The Labute approximate surface area is 234 Å². The van der Waals surface area contributed by atoms with E-state index in [0.29, 0.717) is 28.5 Å². The number of aryl methyl sites for hydroxylation is 1. The third-order valence-electron chi connectivity index (χ3n) is 7.04. The van der Waals surface area contributed by atoms with Crippen molar-refractivity contribution in [2.45, 2.75) is 19.6 Å². The summed E-state index contributed by atoms with van der Waals surface area (Å²) in [5.74, 6) is -0.578. The lowest BCUT2D eigenvalue weighted by atomic mass is 10.1. The molecule has 1 aliphatic heterocycles. The van der Waals surface area contributed by atoms with Crippen LogP contribution in [0.5, 0.6) is 0 Å². The van der Waals surface area contributed by atoms with Gasteiger partial charge in [-0.2, -0.15) is 18.3 Å². The number of carbonyl (C=O) groups is 1. The molecule has 3 heterocycles. The molecule has 1 amide bonds. The van der Waals surface area contributed by atoms with E-state index in [-0.39, 0.29) is 11.3 Å². The van der Waals surface area contributed by atoms with E-state index in [2.05, 4.69) is 30.5 Å². The van der Waals surface area contributed by atoms with Gasteiger partial charge in [-0.25, -0.2) is 4.68 Å². The van der Waals surface area contributed by atoms with Crippen LogP contribution in [0.3, 0.4) is 0 Å². The molecular weight excluding hydrogens is 545 g/mol. The molecular formula is C27H28ClF3N8O. The number of rotatable bonds is 6. The van der Waals surface area contributed by atoms with E-state index >= 15 is 0 Å². The first kappa shape index (κ1) is 27.8. The lowest BCUT2D eigenvalue weighted by molar-refractivity contribution is -0.137. The van der Waals surface area contributed by atoms with Gasteiger partial charge in [0.1, 0.15) is 5.69 Å². The molecule has 0 bridgehead atoms. The van der Waals surface area contributed by atoms with Crippen LogP contribution in [0.2, 0.25) is 5.02 Å². The van der Waals surface area contributed by atoms with Crippen LogP contribution in [0.4, 0.5) is 18.9 Å². The average Bonchev–Trinajstić information content (AvgIpc) is 3.51. The monoisotopic (exact) mass is 572 g/mol. The van der Waals surface area contributed by atoms with Gasteiger partial charge in [-0.3, -0.25) is 14.4 Å². The normalized spacial score (nSPS) is 15.0. The molecule has 210 valence electrons. The van der Waals surface area contributed by atoms with E-state index in [4.69, 9.17) is 11.6 Å². The maximum Gasteiger partial charge on any atom is 0.416 e. The summed E-state index contributed by atoms with van der Waals surface area (Å²) in [5, 5.41) is 15.5. The van der Waals surface area contributed by atoms with E-state index in [9.17, 15) is 18.0 Å². The van der Waals surface area contributed by atoms with Crippen LogP contribution >= 0.6 is 11.6 Å². The smallest absolute Gasteiger partial charge is 0.322 e. The van der Waals surface area contributed by atoms with E-state index in [1.165, 1.54) is 22.9 Å². The van der Waals surface area contributed by atoms with Crippen LogP contribution in [0.1, 0.15) is 27.2 Å². The lowest BCUT2D eigenvalue weighted by Gasteiger charge is -2.32. The minimum absolute atomic E-state index is 0.0653. The van der Waals surface area contributed by atoms with Gasteiger partial charge in [-0.1, -0.05) is 16.8 Å². The number of likely N-dealkylation sites (N-methyl/N-ethyl adjacent to an activating group) is 1. The van der Waals surface area contributed by atoms with Crippen molar-refractivity contribution in [2.75, 3.05) is 38.5 Å². The number of nitrogens with zero attached hydrogens (tertiary/aromatic N) is 7. The molecule has 2 aromatic heterocycles. The standard InChI is InChI=1S/C27H28ClF3N8O/c1-17-22(14-32-37(17)3)24-16-39(35-34-24)25-12-19(4-5-23(25)28)26(40)33-21-11-18(10-20(13-21)27(29,30)31)15-38-8-6-36(2)7-9-38/h4-5,10-14,16H,6-9,15H2,1-3H3,(H,33,40). The molecule has 2 aromatic carbocycles. The summed E-state index contributed by atoms with van der Waals surface area (Å²) in [6.45, 7) is 5.46. The zero-order chi connectivity index (χ0) is 28.6. The third-order valence-corrected chi connectivity index (χ3v) is 7.36. The van der Waals surface area contributed by atoms with Crippen molar-refractivity contribution in [2.24, 2.45) is 7.05 Å². The maximum atomic E-state index is 13.7. The van der Waals surface area contributed by atoms with Gasteiger partial charge in [0, 0.05) is 62.3 Å². The second-order valence-electron chi connectivity index (χ2n) is 9.93. The SMILES string of the molecule is Cc1c(-c2cn(-c3cc(C(=O)Nc4cc(CN5CCN(C)CC5)cc(C(F)(F)F)c4)ccc3Cl)nn2)cnn1C. The van der Waals surface area contributed by atoms with Crippen molar-refractivity contribution in [3.05, 3.63) is 76.2 Å². The maximum absolute atomic E-state index is 13.7. The zero-order valence-corrected chi connectivity index (χ0v) is 23.0. The molecule has 4 aromatic rings. The second-order valence-corrected chi connectivity index (χ2v) is 10.3. The largest absolute Gasteiger partial charge is 0.416 e. The molecule has 1 saturated heterocycles. The highest BCUT2D eigenvalue weighted by Crippen LogP contribution is 2.33. The number of hydrogen-bond acceptors (Lipinski definition) is 6. The summed E-state index contributed by atoms with van der Waals surface area (Å²) in [5.41, 5.74) is 2.61. The molecule has 13 heteroatoms. The fourth-order valence-electron chi connectivity index (χ4n) is 4.57. The Balaban J connectivity index is 1.39. The van der Waals surface area contributed by atoms with Crippen LogP contribution in [-0.2, 0) is 19.8 Å². The minimum atomic E-state index is -4.55. The number of carbonyl (C=O) groups excluding carboxylic acids is 1. The summed E-state index contributed by atoms with van der Waals surface area (Å²) in [6.07, 6.45) is -1.20. The van der Waals surface area contributed by atoms with Crippen molar-refractivity contribution in [3.63, 3.8) is 0 Å². The van der Waals surface area contributed by atoms with Crippen LogP contribution in [0, 0.1) is 6.92 Å². The van der Waals surface area contributed by atoms with E-state index in [1.807, 2.05) is 21.0 Å². The Hall–Kier alpha value is -3.74. The lowest BCUT2D eigenvalue weighted by Crippen LogP contribution is -2.43. The highest BCUT2D eigenvalue weighted by Gasteiger charge is 2.31. The molecule has 40 heavy (non-hydrogen) atoms. The van der Waals surface area contributed by atoms with Crippen LogP contribution in [0.15, 0.2) is 48.8 Å². The number of piperazine rings is 1. The number of anilines is 1. The van der Waals surface area contributed by atoms with Crippen LogP contribution in [0.25, 0.3) is 16.9 Å². The van der Waals surface area contributed by atoms with Gasteiger partial charge in [0.15, 0.2) is 0 Å². The summed E-state index contributed by atoms with van der Waals surface area (Å²) in [7, 11) is 3.84. The molecule has 0 aliphatic carbocycles. The summed E-state index contributed by atoms with van der Waals surface area (Å²) >= 11 is 6.41. The minimum Gasteiger partial charge on any atom is -0.322 e. The number of hydrogen-bond donors (Lipinski definition) is 1. The average molecular weight is 573 g/mol. The Morgan fingerprint density at radius 3 is 2.50 bits per heavy atom. The summed E-state index contributed by atoms with van der Waals surface area (Å²) < 4.78 is 44.3. The molecule has 0 unspecified atom stereocenters. The highest BCUT2D eigenvalue weighted by molar-refractivity contribution is 6.32.